The fourth-order valence-electron chi connectivity index (χ4n) is 3.47. The summed E-state index contributed by atoms with van der Waals surface area (Å²) in [6.07, 6.45) is 2.38. The summed E-state index contributed by atoms with van der Waals surface area (Å²) in [4.78, 5) is 14.8. The van der Waals surface area contributed by atoms with Crippen molar-refractivity contribution in [1.82, 2.24) is 10.2 Å². The third-order valence-electron chi connectivity index (χ3n) is 4.44. The minimum Gasteiger partial charge on any atom is -0.454 e. The average molecular weight is 274 g/mol. The predicted molar refractivity (Wildman–Crippen MR) is 73.0 cm³/mol. The van der Waals surface area contributed by atoms with Gasteiger partial charge < -0.3 is 19.7 Å². The highest BCUT2D eigenvalue weighted by Crippen LogP contribution is 2.32. The van der Waals surface area contributed by atoms with Crippen LogP contribution in [0.1, 0.15) is 23.2 Å². The number of amides is 1. The van der Waals surface area contributed by atoms with Crippen LogP contribution in [0.5, 0.6) is 11.5 Å². The molecular formula is C15H18N2O3. The number of rotatable bonds is 2. The molecule has 2 saturated heterocycles. The van der Waals surface area contributed by atoms with Crippen LogP contribution in [0.15, 0.2) is 18.2 Å². The first-order chi connectivity index (χ1) is 9.78. The van der Waals surface area contributed by atoms with Crippen molar-refractivity contribution in [3.05, 3.63) is 23.8 Å². The molecule has 0 saturated carbocycles. The van der Waals surface area contributed by atoms with Gasteiger partial charge >= 0.3 is 0 Å². The maximum Gasteiger partial charge on any atom is 0.251 e. The number of benzene rings is 1. The molecule has 4 rings (SSSR count). The van der Waals surface area contributed by atoms with Gasteiger partial charge in [0.25, 0.3) is 5.91 Å². The number of carbonyl (C=O) groups is 1. The molecule has 2 bridgehead atoms. The minimum atomic E-state index is -0.0178. The standard InChI is InChI=1S/C15H18N2O3/c18-15(11-1-2-13-14(6-11)20-9-19-13)16-12-5-10-3-4-17(7-10)8-12/h1-2,6,10,12H,3-5,7-9H2,(H,16,18)/t10-,12-/m1/s1. The van der Waals surface area contributed by atoms with Crippen LogP contribution in [-0.4, -0.2) is 43.3 Å². The molecule has 3 aliphatic heterocycles. The number of carbonyl (C=O) groups excluding carboxylic acids is 1. The number of fused-ring (bicyclic) bond motifs is 3. The summed E-state index contributed by atoms with van der Waals surface area (Å²) in [7, 11) is 0. The molecule has 20 heavy (non-hydrogen) atoms. The highest BCUT2D eigenvalue weighted by atomic mass is 16.7. The molecule has 5 nitrogen and oxygen atoms in total. The van der Waals surface area contributed by atoms with Crippen LogP contribution in [0.4, 0.5) is 0 Å². The van der Waals surface area contributed by atoms with Crippen molar-refractivity contribution in [1.29, 1.82) is 0 Å². The Kier molecular flexibility index (Phi) is 2.80. The molecule has 0 aromatic heterocycles. The second kappa shape index (κ2) is 4.66. The molecular weight excluding hydrogens is 256 g/mol. The highest BCUT2D eigenvalue weighted by Gasteiger charge is 2.33. The Morgan fingerprint density at radius 1 is 1.25 bits per heavy atom. The summed E-state index contributed by atoms with van der Waals surface area (Å²) in [6.45, 7) is 3.60. The number of nitrogens with one attached hydrogen (secondary N) is 1. The van der Waals surface area contributed by atoms with Crippen LogP contribution in [-0.2, 0) is 0 Å². The normalized spacial score (nSPS) is 30.3. The Hall–Kier alpha value is -1.75. The molecule has 5 heteroatoms. The smallest absolute Gasteiger partial charge is 0.251 e. The third-order valence-corrected chi connectivity index (χ3v) is 4.44. The van der Waals surface area contributed by atoms with E-state index in [1.807, 2.05) is 0 Å². The Morgan fingerprint density at radius 3 is 3.05 bits per heavy atom. The first-order valence-electron chi connectivity index (χ1n) is 7.21. The molecule has 106 valence electrons. The van der Waals surface area contributed by atoms with Crippen LogP contribution in [0, 0.1) is 5.92 Å². The lowest BCUT2D eigenvalue weighted by molar-refractivity contribution is 0.0909. The second-order valence-corrected chi connectivity index (χ2v) is 5.89. The molecule has 1 amide bonds. The van der Waals surface area contributed by atoms with Crippen molar-refractivity contribution in [2.24, 2.45) is 5.92 Å². The molecule has 1 unspecified atom stereocenters. The molecule has 3 atom stereocenters. The highest BCUT2D eigenvalue weighted by molar-refractivity contribution is 5.95. The van der Waals surface area contributed by atoms with E-state index in [0.717, 1.165) is 18.9 Å². The van der Waals surface area contributed by atoms with Gasteiger partial charge in [0.2, 0.25) is 6.79 Å². The van der Waals surface area contributed by atoms with E-state index in [4.69, 9.17) is 9.47 Å². The Labute approximate surface area is 117 Å². The predicted octanol–water partition coefficient (Wildman–Crippen LogP) is 1.24. The maximum absolute atomic E-state index is 12.3. The summed E-state index contributed by atoms with van der Waals surface area (Å²) < 4.78 is 10.6. The molecule has 0 spiro atoms. The van der Waals surface area contributed by atoms with Crippen molar-refractivity contribution in [2.45, 2.75) is 18.9 Å². The van der Waals surface area contributed by atoms with Crippen LogP contribution < -0.4 is 14.8 Å². The number of ether oxygens (including phenoxy) is 2. The summed E-state index contributed by atoms with van der Waals surface area (Å²) in [5, 5.41) is 3.15. The number of nitrogens with zero attached hydrogens (tertiary/aromatic N) is 1. The summed E-state index contributed by atoms with van der Waals surface area (Å²) in [5.41, 5.74) is 0.641. The van der Waals surface area contributed by atoms with E-state index in [2.05, 4.69) is 10.2 Å². The Bertz CT molecular complexity index is 534. The van der Waals surface area contributed by atoms with Gasteiger partial charge in [0.05, 0.1) is 0 Å². The van der Waals surface area contributed by atoms with Gasteiger partial charge in [0.15, 0.2) is 11.5 Å². The van der Waals surface area contributed by atoms with Crippen molar-refractivity contribution in [3.63, 3.8) is 0 Å². The van der Waals surface area contributed by atoms with Crippen LogP contribution in [0.25, 0.3) is 0 Å². The molecule has 2 fully saturated rings. The molecule has 3 aliphatic rings. The van der Waals surface area contributed by atoms with E-state index in [1.54, 1.807) is 18.2 Å². The first kappa shape index (κ1) is 12.0. The van der Waals surface area contributed by atoms with Crippen LogP contribution in [0.2, 0.25) is 0 Å². The molecule has 1 N–H and O–H groups in total. The zero-order valence-electron chi connectivity index (χ0n) is 11.3. The fourth-order valence-corrected chi connectivity index (χ4v) is 3.47. The topological polar surface area (TPSA) is 50.8 Å². The molecule has 0 aliphatic carbocycles. The van der Waals surface area contributed by atoms with Gasteiger partial charge in [-0.2, -0.15) is 0 Å². The van der Waals surface area contributed by atoms with Gasteiger partial charge in [-0.05, 0) is 43.5 Å². The van der Waals surface area contributed by atoms with E-state index >= 15 is 0 Å². The lowest BCUT2D eigenvalue weighted by atomic mass is 9.96. The number of hydrogen-bond acceptors (Lipinski definition) is 4. The fraction of sp³-hybridized carbons (Fsp3) is 0.533. The van der Waals surface area contributed by atoms with E-state index in [-0.39, 0.29) is 18.7 Å². The third kappa shape index (κ3) is 2.12. The second-order valence-electron chi connectivity index (χ2n) is 5.89. The summed E-state index contributed by atoms with van der Waals surface area (Å²) >= 11 is 0. The average Bonchev–Trinajstić information content (AvgIpc) is 3.04. The van der Waals surface area contributed by atoms with Crippen LogP contribution in [0.3, 0.4) is 0 Å². The quantitative estimate of drug-likeness (QED) is 0.881. The summed E-state index contributed by atoms with van der Waals surface area (Å²) in [5.74, 6) is 2.11. The van der Waals surface area contributed by atoms with Gasteiger partial charge in [-0.3, -0.25) is 4.79 Å². The van der Waals surface area contributed by atoms with E-state index in [1.165, 1.54) is 19.5 Å². The van der Waals surface area contributed by atoms with E-state index in [9.17, 15) is 4.79 Å². The van der Waals surface area contributed by atoms with E-state index < -0.39 is 0 Å². The van der Waals surface area contributed by atoms with E-state index in [0.29, 0.717) is 17.1 Å². The van der Waals surface area contributed by atoms with Gasteiger partial charge in [0, 0.05) is 24.7 Å². The summed E-state index contributed by atoms with van der Waals surface area (Å²) in [6, 6.07) is 5.62. The van der Waals surface area contributed by atoms with Crippen molar-refractivity contribution in [3.8, 4) is 11.5 Å². The van der Waals surface area contributed by atoms with Gasteiger partial charge in [-0.15, -0.1) is 0 Å². The van der Waals surface area contributed by atoms with Gasteiger partial charge in [0.1, 0.15) is 0 Å². The SMILES string of the molecule is O=C(N[C@@H]1C[C@H]2CCN(C2)C1)c1ccc2c(c1)OCO2. The zero-order valence-corrected chi connectivity index (χ0v) is 11.3. The molecule has 3 heterocycles. The minimum absolute atomic E-state index is 0.0178. The molecule has 0 radical (unpaired) electrons. The Balaban J connectivity index is 1.45. The number of piperidine rings is 1. The van der Waals surface area contributed by atoms with Gasteiger partial charge in [-0.1, -0.05) is 0 Å². The zero-order chi connectivity index (χ0) is 13.5. The van der Waals surface area contributed by atoms with Gasteiger partial charge in [-0.25, -0.2) is 0 Å². The molecule has 1 aromatic carbocycles. The lowest BCUT2D eigenvalue weighted by Crippen LogP contribution is -2.47. The van der Waals surface area contributed by atoms with Crippen molar-refractivity contribution >= 4 is 5.91 Å². The van der Waals surface area contributed by atoms with Crippen LogP contribution >= 0.6 is 0 Å². The largest absolute Gasteiger partial charge is 0.454 e. The van der Waals surface area contributed by atoms with Crippen molar-refractivity contribution in [2.75, 3.05) is 26.4 Å². The molecule has 1 aromatic rings. The maximum atomic E-state index is 12.3. The first-order valence-corrected chi connectivity index (χ1v) is 7.21. The lowest BCUT2D eigenvalue weighted by Gasteiger charge is -2.30. The number of hydrogen-bond donors (Lipinski definition) is 1. The van der Waals surface area contributed by atoms with Crippen molar-refractivity contribution < 1.29 is 14.3 Å². The monoisotopic (exact) mass is 274 g/mol. The Morgan fingerprint density at radius 2 is 2.15 bits per heavy atom.